The van der Waals surface area contributed by atoms with Crippen LogP contribution in [0.3, 0.4) is 0 Å². The summed E-state index contributed by atoms with van der Waals surface area (Å²) in [6, 6.07) is 151. The number of nitrogens with zero attached hydrogens (tertiary/aromatic N) is 3. The second kappa shape index (κ2) is 27.3. The van der Waals surface area contributed by atoms with E-state index in [9.17, 15) is 4.79 Å². The molecular weight excluding hydrogens is 1450 g/mol. The largest absolute Gasteiger partial charge is 0.310 e. The van der Waals surface area contributed by atoms with Gasteiger partial charge in [-0.25, -0.2) is 0 Å². The average molecular weight is 1520 g/mol. The van der Waals surface area contributed by atoms with E-state index in [1.54, 1.807) is 0 Å². The van der Waals surface area contributed by atoms with Gasteiger partial charge >= 0.3 is 0 Å². The van der Waals surface area contributed by atoms with E-state index in [1.165, 1.54) is 11.1 Å². The molecule has 0 bridgehead atoms. The highest BCUT2D eigenvalue weighted by Gasteiger charge is 2.54. The number of carbonyl (C=O) groups excluding carboxylic acids is 1. The van der Waals surface area contributed by atoms with Gasteiger partial charge in [0.2, 0.25) is 0 Å². The van der Waals surface area contributed by atoms with Crippen molar-refractivity contribution in [2.24, 2.45) is 0 Å². The Morgan fingerprint density at radius 1 is 0.185 bits per heavy atom. The number of rotatable bonds is 8. The predicted octanol–water partition coefficient (Wildman–Crippen LogP) is 26.7. The van der Waals surface area contributed by atoms with Crippen molar-refractivity contribution in [2.45, 2.75) is 10.8 Å². The highest BCUT2D eigenvalue weighted by molar-refractivity contribution is 6.19. The molecule has 24 rings (SSSR count). The van der Waals surface area contributed by atoms with Gasteiger partial charge in [-0.2, -0.15) is 0 Å². The van der Waals surface area contributed by atoms with Crippen molar-refractivity contribution in [3.8, 4) is 89.3 Å². The minimum Gasteiger partial charge on any atom is -0.310 e. The standard InChI is InChI=1S/C62H40N2O.C51H31NO2/c65-61-59-49(45-24-11-4-12-25-45)26-17-27-50(59)51-38-47(43-22-9-3-10-23-43)40-55-60(51)64(61)58-37-34-46(42-20-7-2-8-21-42)39-54(58)62(55)52-28-13-15-30-56(52)63(57-31-16-14-29-53(57)62)48-35-32-44(33-36-48)41-18-5-1-6-19-41;53-49-39-21-10-12-25-42(39)51(43-26-13-11-22-40(43)49)44-30-35(32-15-4-1-5-16-32)27-28-46(44)52-48-41(29-36(31-45(48)51)33-17-6-2-7-18-33)38-24-14-23-37(47(38)50(52)54)34-19-8-3-9-20-34/h1-40H;1-31H. The zero-order chi connectivity index (χ0) is 79.0. The molecule has 1 aliphatic carbocycles. The Labute approximate surface area is 687 Å². The fourth-order valence-corrected chi connectivity index (χ4v) is 20.3. The lowest BCUT2D eigenvalue weighted by molar-refractivity contribution is 0.103. The molecular formula is C113H71N3O3. The molecule has 0 atom stereocenters. The van der Waals surface area contributed by atoms with Gasteiger partial charge in [-0.1, -0.05) is 358 Å². The first-order valence-electron chi connectivity index (χ1n) is 40.7. The molecule has 119 heavy (non-hydrogen) atoms. The number of benzene rings is 18. The van der Waals surface area contributed by atoms with Crippen LogP contribution in [0.4, 0.5) is 17.1 Å². The zero-order valence-corrected chi connectivity index (χ0v) is 64.6. The Bertz CT molecular complexity index is 7600. The number of fused-ring (bicyclic) bond motifs is 20. The van der Waals surface area contributed by atoms with E-state index in [2.05, 4.69) is 351 Å². The van der Waals surface area contributed by atoms with Crippen LogP contribution >= 0.6 is 0 Å². The van der Waals surface area contributed by atoms with E-state index in [4.69, 9.17) is 0 Å². The molecule has 5 heterocycles. The molecule has 556 valence electrons. The molecule has 0 amide bonds. The van der Waals surface area contributed by atoms with Crippen LogP contribution < -0.4 is 16.0 Å². The van der Waals surface area contributed by atoms with Gasteiger partial charge in [-0.15, -0.1) is 0 Å². The highest BCUT2D eigenvalue weighted by atomic mass is 16.1. The summed E-state index contributed by atoms with van der Waals surface area (Å²) in [7, 11) is 0. The minimum atomic E-state index is -0.929. The Morgan fingerprint density at radius 2 is 0.479 bits per heavy atom. The van der Waals surface area contributed by atoms with Crippen molar-refractivity contribution in [2.75, 3.05) is 4.90 Å². The van der Waals surface area contributed by atoms with Gasteiger partial charge in [-0.05, 0) is 206 Å². The number of anilines is 3. The van der Waals surface area contributed by atoms with Gasteiger partial charge in [-0.3, -0.25) is 23.5 Å². The van der Waals surface area contributed by atoms with E-state index in [-0.39, 0.29) is 16.9 Å². The normalized spacial score (nSPS) is 13.2. The molecule has 0 saturated carbocycles. The minimum absolute atomic E-state index is 0.0111. The lowest BCUT2D eigenvalue weighted by Crippen LogP contribution is -2.42. The summed E-state index contributed by atoms with van der Waals surface area (Å²) in [6.07, 6.45) is 0. The van der Waals surface area contributed by atoms with Crippen LogP contribution in [0.1, 0.15) is 60.4 Å². The Hall–Kier alpha value is -15.6. The lowest BCUT2D eigenvalue weighted by atomic mass is 9.57. The highest BCUT2D eigenvalue weighted by Crippen LogP contribution is 2.63. The van der Waals surface area contributed by atoms with E-state index in [0.717, 1.165) is 172 Å². The van der Waals surface area contributed by atoms with Gasteiger partial charge in [0, 0.05) is 27.6 Å². The molecule has 20 aromatic rings. The fourth-order valence-electron chi connectivity index (χ4n) is 20.3. The lowest BCUT2D eigenvalue weighted by Gasteiger charge is -2.49. The summed E-state index contributed by atoms with van der Waals surface area (Å²) < 4.78 is 4.01. The maximum Gasteiger partial charge on any atom is 0.264 e. The fraction of sp³-hybridized carbons (Fsp3) is 0.0177. The average Bonchev–Trinajstić information content (AvgIpc) is 0.668. The maximum atomic E-state index is 15.9. The van der Waals surface area contributed by atoms with Crippen LogP contribution in [0, 0.1) is 0 Å². The smallest absolute Gasteiger partial charge is 0.264 e. The van der Waals surface area contributed by atoms with Crippen LogP contribution in [0.5, 0.6) is 0 Å². The molecule has 0 unspecified atom stereocenters. The van der Waals surface area contributed by atoms with Crippen LogP contribution in [-0.2, 0) is 10.8 Å². The maximum absolute atomic E-state index is 15.9. The van der Waals surface area contributed by atoms with E-state index in [0.29, 0.717) is 21.9 Å². The number of ketones is 1. The van der Waals surface area contributed by atoms with Crippen LogP contribution in [0.25, 0.3) is 133 Å². The van der Waals surface area contributed by atoms with Gasteiger partial charge in [0.1, 0.15) is 0 Å². The number of pyridine rings is 2. The molecule has 4 aliphatic rings. The molecule has 0 saturated heterocycles. The van der Waals surface area contributed by atoms with Crippen molar-refractivity contribution in [3.05, 3.63) is 507 Å². The summed E-state index contributed by atoms with van der Waals surface area (Å²) in [5, 5.41) is 5.27. The second-order valence-electron chi connectivity index (χ2n) is 31.4. The molecule has 3 aliphatic heterocycles. The third kappa shape index (κ3) is 10.3. The van der Waals surface area contributed by atoms with Crippen LogP contribution in [-0.4, -0.2) is 14.9 Å². The number of aromatic nitrogens is 2. The number of carbonyl (C=O) groups is 1. The van der Waals surface area contributed by atoms with Gasteiger partial charge in [0.25, 0.3) is 11.1 Å². The molecule has 0 N–H and O–H groups in total. The van der Waals surface area contributed by atoms with Gasteiger partial charge in [0.05, 0.1) is 55.4 Å². The van der Waals surface area contributed by atoms with E-state index >= 15 is 9.59 Å². The first kappa shape index (κ1) is 68.9. The monoisotopic (exact) mass is 1520 g/mol. The second-order valence-corrected chi connectivity index (χ2v) is 31.4. The Balaban J connectivity index is 0.000000142. The summed E-state index contributed by atoms with van der Waals surface area (Å²) in [6.45, 7) is 0. The number of hydrogen-bond donors (Lipinski definition) is 0. The van der Waals surface area contributed by atoms with Crippen molar-refractivity contribution in [3.63, 3.8) is 0 Å². The molecule has 18 aromatic carbocycles. The van der Waals surface area contributed by atoms with Crippen molar-refractivity contribution in [1.29, 1.82) is 0 Å². The predicted molar refractivity (Wildman–Crippen MR) is 488 cm³/mol. The number of para-hydroxylation sites is 2. The van der Waals surface area contributed by atoms with E-state index < -0.39 is 10.8 Å². The van der Waals surface area contributed by atoms with Crippen molar-refractivity contribution < 1.29 is 4.79 Å². The molecule has 2 aromatic heterocycles. The molecule has 6 heteroatoms. The summed E-state index contributed by atoms with van der Waals surface area (Å²) in [5.74, 6) is 0.0111. The quantitative estimate of drug-likeness (QED) is 0.142. The Morgan fingerprint density at radius 3 is 0.874 bits per heavy atom. The molecule has 0 fully saturated rings. The van der Waals surface area contributed by atoms with E-state index in [1.807, 2.05) is 94.1 Å². The Kier molecular flexibility index (Phi) is 15.8. The molecule has 6 nitrogen and oxygen atoms in total. The SMILES string of the molecule is O=C1c2ccccc2C2(c3ccccc31)c1cc(-c3ccccc3)ccc1-n1c(=O)c3c(-c4ccccc4)cccc3c3cc(-c4ccccc4)cc2c31.O=c1c2c(-c3ccccc3)cccc2c2cc(-c3ccccc3)cc3c2n1-c1ccc(-c2ccccc2)cc1C31c2ccccc2N(c2ccc(-c3ccccc3)cc2)c2ccccc21. The number of hydrogen-bond acceptors (Lipinski definition) is 4. The van der Waals surface area contributed by atoms with Crippen molar-refractivity contribution >= 4 is 66.2 Å². The van der Waals surface area contributed by atoms with Crippen LogP contribution in [0.15, 0.2) is 440 Å². The van der Waals surface area contributed by atoms with Crippen LogP contribution in [0.2, 0.25) is 0 Å². The molecule has 2 spiro atoms. The summed E-state index contributed by atoms with van der Waals surface area (Å²) >= 11 is 0. The zero-order valence-electron chi connectivity index (χ0n) is 64.6. The van der Waals surface area contributed by atoms with Gasteiger partial charge < -0.3 is 4.90 Å². The third-order valence-corrected chi connectivity index (χ3v) is 25.4. The third-order valence-electron chi connectivity index (χ3n) is 25.4. The summed E-state index contributed by atoms with van der Waals surface area (Å²) in [4.78, 5) is 48.3. The van der Waals surface area contributed by atoms with Crippen molar-refractivity contribution in [1.82, 2.24) is 9.13 Å². The van der Waals surface area contributed by atoms with Gasteiger partial charge in [0.15, 0.2) is 5.78 Å². The topological polar surface area (TPSA) is 64.3 Å². The summed E-state index contributed by atoms with van der Waals surface area (Å²) in [5.41, 5.74) is 29.3. The molecule has 0 radical (unpaired) electrons. The first-order chi connectivity index (χ1) is 58.8. The first-order valence-corrected chi connectivity index (χ1v) is 40.7.